The molecular formula is C16H19BrFN3O3. The molecule has 1 aromatic rings. The quantitative estimate of drug-likeness (QED) is 0.610. The van der Waals surface area contributed by atoms with Gasteiger partial charge in [0, 0.05) is 19.8 Å². The number of amides is 3. The minimum absolute atomic E-state index is 0.129. The van der Waals surface area contributed by atoms with Gasteiger partial charge in [-0.05, 0) is 22.2 Å². The summed E-state index contributed by atoms with van der Waals surface area (Å²) >= 11 is 3.11. The van der Waals surface area contributed by atoms with Crippen LogP contribution in [0.1, 0.15) is 18.9 Å². The standard InChI is InChI=1S/C16H19BrFN3O3/c1-9(17)7-13(15(19)23)21-16(24)14(20-10(2)22)8-11-3-5-12(18)6-4-11/h3-6,13-14H,1,7-8H2,2H3,(H2,19,23)(H,20,22)(H,21,24)/t13-,14-/m1/s1. The van der Waals surface area contributed by atoms with Crippen LogP contribution in [-0.4, -0.2) is 29.8 Å². The van der Waals surface area contributed by atoms with Crippen LogP contribution in [0.2, 0.25) is 0 Å². The third-order valence-electron chi connectivity index (χ3n) is 3.13. The van der Waals surface area contributed by atoms with Gasteiger partial charge in [0.15, 0.2) is 0 Å². The van der Waals surface area contributed by atoms with Crippen LogP contribution in [0.5, 0.6) is 0 Å². The molecule has 0 saturated heterocycles. The van der Waals surface area contributed by atoms with Crippen LogP contribution in [0.25, 0.3) is 0 Å². The zero-order valence-electron chi connectivity index (χ0n) is 13.1. The van der Waals surface area contributed by atoms with E-state index in [9.17, 15) is 18.8 Å². The molecule has 0 aliphatic heterocycles. The molecule has 130 valence electrons. The molecule has 3 amide bonds. The van der Waals surface area contributed by atoms with Gasteiger partial charge in [-0.3, -0.25) is 14.4 Å². The molecule has 0 fully saturated rings. The highest BCUT2D eigenvalue weighted by Gasteiger charge is 2.25. The lowest BCUT2D eigenvalue weighted by molar-refractivity contribution is -0.130. The van der Waals surface area contributed by atoms with Crippen molar-refractivity contribution >= 4 is 33.7 Å². The van der Waals surface area contributed by atoms with Gasteiger partial charge in [-0.25, -0.2) is 4.39 Å². The predicted octanol–water partition coefficient (Wildman–Crippen LogP) is 1.14. The van der Waals surface area contributed by atoms with Crippen molar-refractivity contribution < 1.29 is 18.8 Å². The fraction of sp³-hybridized carbons (Fsp3) is 0.312. The topological polar surface area (TPSA) is 101 Å². The highest BCUT2D eigenvalue weighted by Crippen LogP contribution is 2.11. The first-order valence-corrected chi connectivity index (χ1v) is 7.93. The molecule has 0 saturated carbocycles. The second-order valence-electron chi connectivity index (χ2n) is 5.27. The van der Waals surface area contributed by atoms with Crippen LogP contribution in [0.4, 0.5) is 4.39 Å². The number of primary amides is 1. The van der Waals surface area contributed by atoms with E-state index in [2.05, 4.69) is 33.1 Å². The lowest BCUT2D eigenvalue weighted by Crippen LogP contribution is -2.53. The Labute approximate surface area is 147 Å². The third kappa shape index (κ3) is 6.91. The van der Waals surface area contributed by atoms with E-state index in [-0.39, 0.29) is 12.8 Å². The summed E-state index contributed by atoms with van der Waals surface area (Å²) < 4.78 is 13.5. The summed E-state index contributed by atoms with van der Waals surface area (Å²) in [7, 11) is 0. The summed E-state index contributed by atoms with van der Waals surface area (Å²) in [5.41, 5.74) is 5.92. The lowest BCUT2D eigenvalue weighted by Gasteiger charge is -2.21. The van der Waals surface area contributed by atoms with Crippen molar-refractivity contribution in [2.75, 3.05) is 0 Å². The first-order chi connectivity index (χ1) is 11.2. The number of hydrogen-bond donors (Lipinski definition) is 3. The number of nitrogens with two attached hydrogens (primary N) is 1. The van der Waals surface area contributed by atoms with Crippen molar-refractivity contribution in [2.45, 2.75) is 31.8 Å². The molecule has 0 aromatic heterocycles. The van der Waals surface area contributed by atoms with Crippen molar-refractivity contribution in [3.05, 3.63) is 46.7 Å². The summed E-state index contributed by atoms with van der Waals surface area (Å²) in [4.78, 5) is 35.2. The van der Waals surface area contributed by atoms with Gasteiger partial charge in [0.2, 0.25) is 17.7 Å². The zero-order chi connectivity index (χ0) is 18.3. The maximum Gasteiger partial charge on any atom is 0.243 e. The van der Waals surface area contributed by atoms with Gasteiger partial charge in [-0.2, -0.15) is 0 Å². The zero-order valence-corrected chi connectivity index (χ0v) is 14.7. The van der Waals surface area contributed by atoms with Crippen molar-refractivity contribution in [3.8, 4) is 0 Å². The number of nitrogens with one attached hydrogen (secondary N) is 2. The number of benzene rings is 1. The van der Waals surface area contributed by atoms with Gasteiger partial charge in [-0.15, -0.1) is 0 Å². The van der Waals surface area contributed by atoms with Crippen LogP contribution < -0.4 is 16.4 Å². The Balaban J connectivity index is 2.87. The summed E-state index contributed by atoms with van der Waals surface area (Å²) in [6, 6.07) is 3.69. The molecule has 0 unspecified atom stereocenters. The maximum atomic E-state index is 13.0. The van der Waals surface area contributed by atoms with Gasteiger partial charge in [-0.1, -0.05) is 34.6 Å². The highest BCUT2D eigenvalue weighted by molar-refractivity contribution is 9.11. The van der Waals surface area contributed by atoms with E-state index in [1.807, 2.05) is 0 Å². The van der Waals surface area contributed by atoms with E-state index in [1.54, 1.807) is 0 Å². The van der Waals surface area contributed by atoms with E-state index in [0.29, 0.717) is 10.0 Å². The molecule has 2 atom stereocenters. The molecule has 0 heterocycles. The van der Waals surface area contributed by atoms with Crippen molar-refractivity contribution in [1.82, 2.24) is 10.6 Å². The maximum absolute atomic E-state index is 13.0. The number of carbonyl (C=O) groups is 3. The summed E-state index contributed by atoms with van der Waals surface area (Å²) in [5, 5.41) is 5.00. The first kappa shape index (κ1) is 19.8. The fourth-order valence-corrected chi connectivity index (χ4v) is 2.35. The SMILES string of the molecule is C=C(Br)C[C@@H](NC(=O)[C@@H](Cc1ccc(F)cc1)NC(C)=O)C(N)=O. The Morgan fingerprint density at radius 1 is 1.21 bits per heavy atom. The molecule has 1 aromatic carbocycles. The summed E-state index contributed by atoms with van der Waals surface area (Å²) in [6.45, 7) is 4.88. The number of halogens is 2. The van der Waals surface area contributed by atoms with Crippen LogP contribution in [-0.2, 0) is 20.8 Å². The molecular weight excluding hydrogens is 381 g/mol. The van der Waals surface area contributed by atoms with Crippen molar-refractivity contribution in [2.24, 2.45) is 5.73 Å². The van der Waals surface area contributed by atoms with Crippen LogP contribution >= 0.6 is 15.9 Å². The summed E-state index contributed by atoms with van der Waals surface area (Å²) in [5.74, 6) is -2.08. The van der Waals surface area contributed by atoms with Gasteiger partial charge in [0.25, 0.3) is 0 Å². The van der Waals surface area contributed by atoms with Crippen LogP contribution in [0.3, 0.4) is 0 Å². The smallest absolute Gasteiger partial charge is 0.243 e. The Bertz CT molecular complexity index is 634. The average molecular weight is 400 g/mol. The summed E-state index contributed by atoms with van der Waals surface area (Å²) in [6.07, 6.45) is 0.275. The minimum atomic E-state index is -0.950. The minimum Gasteiger partial charge on any atom is -0.368 e. The van der Waals surface area contributed by atoms with E-state index in [4.69, 9.17) is 5.73 Å². The van der Waals surface area contributed by atoms with E-state index in [1.165, 1.54) is 31.2 Å². The second-order valence-corrected chi connectivity index (χ2v) is 6.39. The van der Waals surface area contributed by atoms with Gasteiger partial charge >= 0.3 is 0 Å². The molecule has 6 nitrogen and oxygen atoms in total. The molecule has 24 heavy (non-hydrogen) atoms. The Morgan fingerprint density at radius 3 is 2.25 bits per heavy atom. The number of carbonyl (C=O) groups excluding carboxylic acids is 3. The fourth-order valence-electron chi connectivity index (χ4n) is 2.03. The molecule has 8 heteroatoms. The third-order valence-corrected chi connectivity index (χ3v) is 3.46. The average Bonchev–Trinajstić information content (AvgIpc) is 2.47. The van der Waals surface area contributed by atoms with E-state index < -0.39 is 35.6 Å². The molecule has 4 N–H and O–H groups in total. The van der Waals surface area contributed by atoms with Gasteiger partial charge < -0.3 is 16.4 Å². The van der Waals surface area contributed by atoms with E-state index in [0.717, 1.165) is 0 Å². The van der Waals surface area contributed by atoms with Crippen LogP contribution in [0, 0.1) is 5.82 Å². The van der Waals surface area contributed by atoms with Crippen molar-refractivity contribution in [1.29, 1.82) is 0 Å². The largest absolute Gasteiger partial charge is 0.368 e. The Kier molecular flexibility index (Phi) is 7.57. The highest BCUT2D eigenvalue weighted by atomic mass is 79.9. The molecule has 0 bridgehead atoms. The first-order valence-electron chi connectivity index (χ1n) is 7.13. The van der Waals surface area contributed by atoms with E-state index >= 15 is 0 Å². The normalized spacial score (nSPS) is 12.8. The molecule has 0 spiro atoms. The second kappa shape index (κ2) is 9.17. The molecule has 1 rings (SSSR count). The molecule has 0 aliphatic rings. The lowest BCUT2D eigenvalue weighted by atomic mass is 10.0. The van der Waals surface area contributed by atoms with Crippen LogP contribution in [0.15, 0.2) is 35.3 Å². The van der Waals surface area contributed by atoms with Gasteiger partial charge in [0.05, 0.1) is 0 Å². The number of rotatable bonds is 8. The Hall–Kier alpha value is -2.22. The monoisotopic (exact) mass is 399 g/mol. The predicted molar refractivity (Wildman–Crippen MR) is 91.5 cm³/mol. The Morgan fingerprint density at radius 2 is 1.79 bits per heavy atom. The molecule has 0 radical (unpaired) electrons. The molecule has 0 aliphatic carbocycles. The van der Waals surface area contributed by atoms with Crippen molar-refractivity contribution in [3.63, 3.8) is 0 Å². The number of hydrogen-bond acceptors (Lipinski definition) is 3. The van der Waals surface area contributed by atoms with Gasteiger partial charge in [0.1, 0.15) is 17.9 Å².